The predicted molar refractivity (Wildman–Crippen MR) is 114 cm³/mol. The molecule has 0 aliphatic rings. The molecule has 0 unspecified atom stereocenters. The summed E-state index contributed by atoms with van der Waals surface area (Å²) < 4.78 is 0. The van der Waals surface area contributed by atoms with E-state index in [9.17, 15) is 4.79 Å². The van der Waals surface area contributed by atoms with E-state index in [4.69, 9.17) is 5.26 Å². The summed E-state index contributed by atoms with van der Waals surface area (Å²) in [6, 6.07) is 20.8. The summed E-state index contributed by atoms with van der Waals surface area (Å²) in [7, 11) is 0. The number of aryl methyl sites for hydroxylation is 1. The standard InChI is InChI=1S/C23H23N5O/c1-16(2)28(15-19-7-5-4-6-8-19)22-13-21(25-17(3)26-22)23(29)27-20-11-9-18(14-24)10-12-20/h4-13,16H,15H2,1-3H3,(H,27,29). The summed E-state index contributed by atoms with van der Waals surface area (Å²) in [4.78, 5) is 23.8. The first kappa shape index (κ1) is 20.0. The van der Waals surface area contributed by atoms with Crippen molar-refractivity contribution < 1.29 is 4.79 Å². The molecule has 6 heteroatoms. The SMILES string of the molecule is Cc1nc(C(=O)Nc2ccc(C#N)cc2)cc(N(Cc2ccccc2)C(C)C)n1. The number of aromatic nitrogens is 2. The molecule has 0 saturated heterocycles. The van der Waals surface area contributed by atoms with Crippen LogP contribution in [0.15, 0.2) is 60.7 Å². The van der Waals surface area contributed by atoms with Gasteiger partial charge in [0.15, 0.2) is 0 Å². The molecule has 0 atom stereocenters. The van der Waals surface area contributed by atoms with Crippen LogP contribution >= 0.6 is 0 Å². The molecule has 0 saturated carbocycles. The van der Waals surface area contributed by atoms with Crippen molar-refractivity contribution in [3.63, 3.8) is 0 Å². The summed E-state index contributed by atoms with van der Waals surface area (Å²) in [5, 5.41) is 11.7. The fourth-order valence-corrected chi connectivity index (χ4v) is 2.95. The Morgan fingerprint density at radius 3 is 2.41 bits per heavy atom. The van der Waals surface area contributed by atoms with Gasteiger partial charge in [-0.05, 0) is 50.6 Å². The van der Waals surface area contributed by atoms with E-state index in [0.717, 1.165) is 0 Å². The summed E-state index contributed by atoms with van der Waals surface area (Å²) in [5.41, 5.74) is 2.62. The van der Waals surface area contributed by atoms with Gasteiger partial charge in [0.25, 0.3) is 5.91 Å². The first-order valence-electron chi connectivity index (χ1n) is 9.44. The third-order valence-electron chi connectivity index (χ3n) is 4.44. The Hall–Kier alpha value is -3.72. The smallest absolute Gasteiger partial charge is 0.274 e. The van der Waals surface area contributed by atoms with E-state index in [2.05, 4.69) is 52.2 Å². The van der Waals surface area contributed by atoms with Crippen LogP contribution in [0.5, 0.6) is 0 Å². The Morgan fingerprint density at radius 1 is 1.10 bits per heavy atom. The van der Waals surface area contributed by atoms with Gasteiger partial charge < -0.3 is 10.2 Å². The molecule has 29 heavy (non-hydrogen) atoms. The lowest BCUT2D eigenvalue weighted by Crippen LogP contribution is -2.31. The highest BCUT2D eigenvalue weighted by Crippen LogP contribution is 2.20. The van der Waals surface area contributed by atoms with Crippen LogP contribution in [0.3, 0.4) is 0 Å². The lowest BCUT2D eigenvalue weighted by atomic mass is 10.2. The molecule has 3 aromatic rings. The molecule has 0 fully saturated rings. The zero-order chi connectivity index (χ0) is 20.8. The third-order valence-corrected chi connectivity index (χ3v) is 4.44. The number of nitrogens with zero attached hydrogens (tertiary/aromatic N) is 4. The van der Waals surface area contributed by atoms with Crippen LogP contribution in [0.4, 0.5) is 11.5 Å². The maximum atomic E-state index is 12.7. The lowest BCUT2D eigenvalue weighted by Gasteiger charge is -2.28. The van der Waals surface area contributed by atoms with Crippen molar-refractivity contribution in [2.45, 2.75) is 33.4 Å². The number of anilines is 2. The van der Waals surface area contributed by atoms with Crippen LogP contribution in [0.25, 0.3) is 0 Å². The monoisotopic (exact) mass is 385 g/mol. The predicted octanol–water partition coefficient (Wildman–Crippen LogP) is 4.32. The molecule has 1 amide bonds. The number of carbonyl (C=O) groups excluding carboxylic acids is 1. The van der Waals surface area contributed by atoms with E-state index < -0.39 is 0 Å². The molecule has 6 nitrogen and oxygen atoms in total. The van der Waals surface area contributed by atoms with E-state index in [1.165, 1.54) is 5.56 Å². The molecular formula is C23H23N5O. The van der Waals surface area contributed by atoms with Gasteiger partial charge in [0.1, 0.15) is 17.3 Å². The van der Waals surface area contributed by atoms with Crippen molar-refractivity contribution in [1.29, 1.82) is 5.26 Å². The van der Waals surface area contributed by atoms with Crippen LogP contribution in [-0.4, -0.2) is 21.9 Å². The molecule has 0 spiro atoms. The minimum absolute atomic E-state index is 0.193. The zero-order valence-corrected chi connectivity index (χ0v) is 16.8. The van der Waals surface area contributed by atoms with E-state index in [-0.39, 0.29) is 11.9 Å². The van der Waals surface area contributed by atoms with E-state index in [0.29, 0.717) is 35.1 Å². The largest absolute Gasteiger partial charge is 0.350 e. The molecule has 0 radical (unpaired) electrons. The Morgan fingerprint density at radius 2 is 1.79 bits per heavy atom. The maximum Gasteiger partial charge on any atom is 0.274 e. The zero-order valence-electron chi connectivity index (χ0n) is 16.8. The number of hydrogen-bond acceptors (Lipinski definition) is 5. The van der Waals surface area contributed by atoms with Gasteiger partial charge in [0.05, 0.1) is 11.6 Å². The highest BCUT2D eigenvalue weighted by atomic mass is 16.1. The van der Waals surface area contributed by atoms with Crippen molar-refractivity contribution in [2.24, 2.45) is 0 Å². The Labute approximate surface area is 170 Å². The number of carbonyl (C=O) groups is 1. The lowest BCUT2D eigenvalue weighted by molar-refractivity contribution is 0.102. The molecule has 0 aliphatic carbocycles. The van der Waals surface area contributed by atoms with Crippen LogP contribution in [0.2, 0.25) is 0 Å². The number of hydrogen-bond donors (Lipinski definition) is 1. The number of rotatable bonds is 6. The number of benzene rings is 2. The van der Waals surface area contributed by atoms with Gasteiger partial charge in [0, 0.05) is 24.3 Å². The minimum Gasteiger partial charge on any atom is -0.350 e. The molecular weight excluding hydrogens is 362 g/mol. The topological polar surface area (TPSA) is 81.9 Å². The highest BCUT2D eigenvalue weighted by molar-refractivity contribution is 6.03. The highest BCUT2D eigenvalue weighted by Gasteiger charge is 2.17. The van der Waals surface area contributed by atoms with Crippen LogP contribution in [0.1, 0.15) is 41.3 Å². The van der Waals surface area contributed by atoms with Gasteiger partial charge in [-0.2, -0.15) is 5.26 Å². The summed E-state index contributed by atoms with van der Waals surface area (Å²) in [6.07, 6.45) is 0. The second-order valence-electron chi connectivity index (χ2n) is 7.01. The fourth-order valence-electron chi connectivity index (χ4n) is 2.95. The first-order chi connectivity index (χ1) is 14.0. The van der Waals surface area contributed by atoms with Gasteiger partial charge in [-0.3, -0.25) is 4.79 Å². The molecule has 146 valence electrons. The Bertz CT molecular complexity index is 1020. The quantitative estimate of drug-likeness (QED) is 0.683. The van der Waals surface area contributed by atoms with Crippen LogP contribution in [0, 0.1) is 18.3 Å². The van der Waals surface area contributed by atoms with E-state index in [1.807, 2.05) is 18.2 Å². The van der Waals surface area contributed by atoms with Crippen molar-refractivity contribution in [3.05, 3.63) is 83.3 Å². The maximum absolute atomic E-state index is 12.7. The van der Waals surface area contributed by atoms with E-state index in [1.54, 1.807) is 37.3 Å². The number of nitriles is 1. The molecule has 1 N–H and O–H groups in total. The molecule has 1 aromatic heterocycles. The van der Waals surface area contributed by atoms with Gasteiger partial charge in [-0.25, -0.2) is 9.97 Å². The second kappa shape index (κ2) is 8.98. The summed E-state index contributed by atoms with van der Waals surface area (Å²) in [5.74, 6) is 0.928. The minimum atomic E-state index is -0.315. The van der Waals surface area contributed by atoms with Gasteiger partial charge in [-0.1, -0.05) is 30.3 Å². The average molecular weight is 385 g/mol. The molecule has 2 aromatic carbocycles. The van der Waals surface area contributed by atoms with Crippen LogP contribution < -0.4 is 10.2 Å². The normalized spacial score (nSPS) is 10.4. The fraction of sp³-hybridized carbons (Fsp3) is 0.217. The Kier molecular flexibility index (Phi) is 6.20. The first-order valence-corrected chi connectivity index (χ1v) is 9.44. The van der Waals surface area contributed by atoms with Crippen LogP contribution in [-0.2, 0) is 6.54 Å². The van der Waals surface area contributed by atoms with Crippen molar-refractivity contribution in [1.82, 2.24) is 9.97 Å². The molecule has 0 aliphatic heterocycles. The Balaban J connectivity index is 1.85. The second-order valence-corrected chi connectivity index (χ2v) is 7.01. The van der Waals surface area contributed by atoms with E-state index >= 15 is 0 Å². The molecule has 0 bridgehead atoms. The van der Waals surface area contributed by atoms with Crippen molar-refractivity contribution in [2.75, 3.05) is 10.2 Å². The number of nitrogens with one attached hydrogen (secondary N) is 1. The van der Waals surface area contributed by atoms with Gasteiger partial charge in [-0.15, -0.1) is 0 Å². The van der Waals surface area contributed by atoms with Crippen molar-refractivity contribution >= 4 is 17.4 Å². The molecule has 3 rings (SSSR count). The summed E-state index contributed by atoms with van der Waals surface area (Å²) >= 11 is 0. The van der Waals surface area contributed by atoms with Crippen molar-refractivity contribution in [3.8, 4) is 6.07 Å². The van der Waals surface area contributed by atoms with Gasteiger partial charge >= 0.3 is 0 Å². The van der Waals surface area contributed by atoms with Gasteiger partial charge in [0.2, 0.25) is 0 Å². The average Bonchev–Trinajstić information content (AvgIpc) is 2.72. The third kappa shape index (κ3) is 5.17. The summed E-state index contributed by atoms with van der Waals surface area (Å²) in [6.45, 7) is 6.66. The number of amides is 1. The molecule has 1 heterocycles.